The summed E-state index contributed by atoms with van der Waals surface area (Å²) in [7, 11) is 1.76. The lowest BCUT2D eigenvalue weighted by Gasteiger charge is -2.26. The largest absolute Gasteiger partial charge is 0.496 e. The zero-order valence-electron chi connectivity index (χ0n) is 12.2. The molecule has 0 amide bonds. The maximum Gasteiger partial charge on any atom is 0.122 e. The Morgan fingerprint density at radius 2 is 1.94 bits per heavy atom. The molecule has 102 valence electrons. The zero-order chi connectivity index (χ0) is 13.4. The van der Waals surface area contributed by atoms with Crippen LogP contribution in [0.2, 0.25) is 0 Å². The predicted molar refractivity (Wildman–Crippen MR) is 78.4 cm³/mol. The van der Waals surface area contributed by atoms with Crippen molar-refractivity contribution >= 4 is 0 Å². The van der Waals surface area contributed by atoms with E-state index in [1.54, 1.807) is 7.11 Å². The maximum atomic E-state index is 5.51. The van der Waals surface area contributed by atoms with Crippen LogP contribution in [0.1, 0.15) is 45.1 Å². The second-order valence-corrected chi connectivity index (χ2v) is 4.92. The molecule has 0 fully saturated rings. The summed E-state index contributed by atoms with van der Waals surface area (Å²) in [4.78, 5) is 0. The number of benzene rings is 1. The molecule has 2 nitrogen and oxygen atoms in total. The molecule has 0 saturated heterocycles. The SMILES string of the molecule is CCCC(C)C(CNCC)c1ccccc1OC. The average molecular weight is 249 g/mol. The molecule has 1 aromatic carbocycles. The van der Waals surface area contributed by atoms with E-state index in [0.717, 1.165) is 18.8 Å². The van der Waals surface area contributed by atoms with E-state index < -0.39 is 0 Å². The molecule has 2 heteroatoms. The lowest BCUT2D eigenvalue weighted by atomic mass is 9.84. The van der Waals surface area contributed by atoms with Gasteiger partial charge in [-0.15, -0.1) is 0 Å². The Balaban J connectivity index is 2.92. The molecule has 0 bridgehead atoms. The van der Waals surface area contributed by atoms with Crippen LogP contribution in [0.5, 0.6) is 5.75 Å². The number of hydrogen-bond acceptors (Lipinski definition) is 2. The van der Waals surface area contributed by atoms with Crippen molar-refractivity contribution < 1.29 is 4.74 Å². The number of nitrogens with one attached hydrogen (secondary N) is 1. The van der Waals surface area contributed by atoms with Crippen LogP contribution in [0.4, 0.5) is 0 Å². The monoisotopic (exact) mass is 249 g/mol. The molecular weight excluding hydrogens is 222 g/mol. The topological polar surface area (TPSA) is 21.3 Å². The minimum atomic E-state index is 0.529. The Labute approximate surface area is 112 Å². The van der Waals surface area contributed by atoms with Gasteiger partial charge in [-0.3, -0.25) is 0 Å². The summed E-state index contributed by atoms with van der Waals surface area (Å²) in [5.74, 6) is 2.22. The van der Waals surface area contributed by atoms with Crippen molar-refractivity contribution in [3.05, 3.63) is 29.8 Å². The van der Waals surface area contributed by atoms with Gasteiger partial charge < -0.3 is 10.1 Å². The van der Waals surface area contributed by atoms with E-state index in [9.17, 15) is 0 Å². The summed E-state index contributed by atoms with van der Waals surface area (Å²) < 4.78 is 5.51. The lowest BCUT2D eigenvalue weighted by Crippen LogP contribution is -2.26. The molecule has 1 rings (SSSR count). The Morgan fingerprint density at radius 1 is 1.22 bits per heavy atom. The molecule has 2 unspecified atom stereocenters. The first-order chi connectivity index (χ1) is 8.74. The Bertz CT molecular complexity index is 338. The molecule has 0 saturated carbocycles. The van der Waals surface area contributed by atoms with Gasteiger partial charge in [0.25, 0.3) is 0 Å². The van der Waals surface area contributed by atoms with E-state index in [1.165, 1.54) is 18.4 Å². The van der Waals surface area contributed by atoms with Gasteiger partial charge in [0, 0.05) is 12.5 Å². The molecule has 0 spiro atoms. The summed E-state index contributed by atoms with van der Waals surface area (Å²) in [5, 5.41) is 3.48. The third-order valence-electron chi connectivity index (χ3n) is 3.58. The third-order valence-corrected chi connectivity index (χ3v) is 3.58. The second-order valence-electron chi connectivity index (χ2n) is 4.92. The number of para-hydroxylation sites is 1. The number of likely N-dealkylation sites (N-methyl/N-ethyl adjacent to an activating group) is 1. The summed E-state index contributed by atoms with van der Waals surface area (Å²) >= 11 is 0. The van der Waals surface area contributed by atoms with Crippen LogP contribution >= 0.6 is 0 Å². The second kappa shape index (κ2) is 8.15. The van der Waals surface area contributed by atoms with Crippen molar-refractivity contribution in [1.82, 2.24) is 5.32 Å². The molecule has 0 heterocycles. The zero-order valence-corrected chi connectivity index (χ0v) is 12.2. The van der Waals surface area contributed by atoms with Gasteiger partial charge >= 0.3 is 0 Å². The average Bonchev–Trinajstić information content (AvgIpc) is 2.40. The van der Waals surface area contributed by atoms with E-state index in [0.29, 0.717) is 11.8 Å². The molecule has 0 aromatic heterocycles. The highest BCUT2D eigenvalue weighted by atomic mass is 16.5. The van der Waals surface area contributed by atoms with Crippen molar-refractivity contribution in [3.8, 4) is 5.75 Å². The molecule has 1 aromatic rings. The van der Waals surface area contributed by atoms with Crippen LogP contribution in [-0.2, 0) is 0 Å². The lowest BCUT2D eigenvalue weighted by molar-refractivity contribution is 0.371. The van der Waals surface area contributed by atoms with Crippen molar-refractivity contribution in [3.63, 3.8) is 0 Å². The minimum Gasteiger partial charge on any atom is -0.496 e. The fourth-order valence-corrected chi connectivity index (χ4v) is 2.55. The summed E-state index contributed by atoms with van der Waals surface area (Å²) in [6.07, 6.45) is 2.49. The normalized spacial score (nSPS) is 14.2. The van der Waals surface area contributed by atoms with Gasteiger partial charge in [-0.2, -0.15) is 0 Å². The highest BCUT2D eigenvalue weighted by Gasteiger charge is 2.21. The summed E-state index contributed by atoms with van der Waals surface area (Å²) in [5.41, 5.74) is 1.34. The molecule has 0 radical (unpaired) electrons. The Morgan fingerprint density at radius 3 is 2.56 bits per heavy atom. The van der Waals surface area contributed by atoms with Crippen molar-refractivity contribution in [2.45, 2.75) is 39.5 Å². The first-order valence-electron chi connectivity index (χ1n) is 7.08. The van der Waals surface area contributed by atoms with Gasteiger partial charge in [-0.1, -0.05) is 51.8 Å². The fourth-order valence-electron chi connectivity index (χ4n) is 2.55. The third kappa shape index (κ3) is 4.02. The number of hydrogen-bond donors (Lipinski definition) is 1. The van der Waals surface area contributed by atoms with Crippen LogP contribution in [0.15, 0.2) is 24.3 Å². The van der Waals surface area contributed by atoms with E-state index >= 15 is 0 Å². The Hall–Kier alpha value is -1.02. The van der Waals surface area contributed by atoms with Gasteiger partial charge in [0.1, 0.15) is 5.75 Å². The molecule has 18 heavy (non-hydrogen) atoms. The van der Waals surface area contributed by atoms with Crippen LogP contribution < -0.4 is 10.1 Å². The predicted octanol–water partition coefficient (Wildman–Crippen LogP) is 3.82. The minimum absolute atomic E-state index is 0.529. The fraction of sp³-hybridized carbons (Fsp3) is 0.625. The van der Waals surface area contributed by atoms with E-state index in [2.05, 4.69) is 44.3 Å². The number of rotatable bonds is 8. The standard InChI is InChI=1S/C16H27NO/c1-5-9-13(3)15(12-17-6-2)14-10-7-8-11-16(14)18-4/h7-8,10-11,13,15,17H,5-6,9,12H2,1-4H3. The van der Waals surface area contributed by atoms with Crippen molar-refractivity contribution in [2.24, 2.45) is 5.92 Å². The van der Waals surface area contributed by atoms with Gasteiger partial charge in [0.15, 0.2) is 0 Å². The van der Waals surface area contributed by atoms with Gasteiger partial charge in [0.2, 0.25) is 0 Å². The molecule has 0 aliphatic carbocycles. The summed E-state index contributed by atoms with van der Waals surface area (Å²) in [6, 6.07) is 8.41. The van der Waals surface area contributed by atoms with Crippen molar-refractivity contribution in [1.29, 1.82) is 0 Å². The number of ether oxygens (including phenoxy) is 1. The Kier molecular flexibility index (Phi) is 6.81. The van der Waals surface area contributed by atoms with Crippen molar-refractivity contribution in [2.75, 3.05) is 20.2 Å². The van der Waals surface area contributed by atoms with Gasteiger partial charge in [-0.25, -0.2) is 0 Å². The molecule has 2 atom stereocenters. The highest BCUT2D eigenvalue weighted by molar-refractivity contribution is 5.36. The highest BCUT2D eigenvalue weighted by Crippen LogP contribution is 2.33. The van der Waals surface area contributed by atoms with Crippen LogP contribution in [-0.4, -0.2) is 20.2 Å². The van der Waals surface area contributed by atoms with Crippen LogP contribution in [0.25, 0.3) is 0 Å². The number of methoxy groups -OCH3 is 1. The molecular formula is C16H27NO. The van der Waals surface area contributed by atoms with Gasteiger partial charge in [-0.05, 0) is 24.1 Å². The molecule has 0 aliphatic heterocycles. The molecule has 0 aliphatic rings. The quantitative estimate of drug-likeness (QED) is 0.756. The van der Waals surface area contributed by atoms with Crippen LogP contribution in [0, 0.1) is 5.92 Å². The van der Waals surface area contributed by atoms with E-state index in [1.807, 2.05) is 6.07 Å². The van der Waals surface area contributed by atoms with E-state index in [-0.39, 0.29) is 0 Å². The first-order valence-corrected chi connectivity index (χ1v) is 7.08. The van der Waals surface area contributed by atoms with Crippen LogP contribution in [0.3, 0.4) is 0 Å². The van der Waals surface area contributed by atoms with Gasteiger partial charge in [0.05, 0.1) is 7.11 Å². The summed E-state index contributed by atoms with van der Waals surface area (Å²) in [6.45, 7) is 8.80. The molecule has 1 N–H and O–H groups in total. The smallest absolute Gasteiger partial charge is 0.122 e. The first kappa shape index (κ1) is 15.0. The maximum absolute atomic E-state index is 5.51. The van der Waals surface area contributed by atoms with E-state index in [4.69, 9.17) is 4.74 Å².